The highest BCUT2D eigenvalue weighted by atomic mass is 19.1. The number of hydrogen-bond acceptors (Lipinski definition) is 4. The van der Waals surface area contributed by atoms with Crippen molar-refractivity contribution in [1.29, 1.82) is 0 Å². The highest BCUT2D eigenvalue weighted by Crippen LogP contribution is 2.21. The van der Waals surface area contributed by atoms with Gasteiger partial charge >= 0.3 is 0 Å². The van der Waals surface area contributed by atoms with Crippen LogP contribution >= 0.6 is 0 Å². The van der Waals surface area contributed by atoms with Crippen molar-refractivity contribution >= 4 is 28.3 Å². The van der Waals surface area contributed by atoms with Crippen LogP contribution in [0.5, 0.6) is 5.75 Å². The summed E-state index contributed by atoms with van der Waals surface area (Å²) in [5, 5.41) is 12.7. The van der Waals surface area contributed by atoms with Crippen LogP contribution < -0.4 is 10.9 Å². The van der Waals surface area contributed by atoms with E-state index in [-0.39, 0.29) is 33.8 Å². The highest BCUT2D eigenvalue weighted by Gasteiger charge is 2.15. The second kappa shape index (κ2) is 7.55. The quantitative estimate of drug-likeness (QED) is 0.521. The van der Waals surface area contributed by atoms with Crippen molar-refractivity contribution in [1.82, 2.24) is 0 Å². The summed E-state index contributed by atoms with van der Waals surface area (Å²) in [6.45, 7) is 0. The van der Waals surface area contributed by atoms with Crippen LogP contribution in [0.15, 0.2) is 82.2 Å². The number of phenolic OH excluding ortho intramolecular Hbond substituents is 1. The molecule has 2 N–H and O–H groups in total. The Kier molecular flexibility index (Phi) is 4.78. The van der Waals surface area contributed by atoms with Crippen LogP contribution in [-0.4, -0.2) is 11.0 Å². The number of phenols is 1. The molecule has 0 atom stereocenters. The molecule has 3 aromatic carbocycles. The Balaban J connectivity index is 1.88. The molecule has 0 radical (unpaired) electrons. The first-order valence-electron chi connectivity index (χ1n) is 8.63. The van der Waals surface area contributed by atoms with E-state index in [1.807, 2.05) is 0 Å². The third kappa shape index (κ3) is 3.98. The minimum atomic E-state index is -0.649. The maximum atomic E-state index is 13.9. The van der Waals surface area contributed by atoms with E-state index in [0.29, 0.717) is 5.39 Å². The molecule has 0 saturated heterocycles. The lowest BCUT2D eigenvalue weighted by molar-refractivity contribution is 0.102. The summed E-state index contributed by atoms with van der Waals surface area (Å²) in [6.07, 6.45) is 0. The van der Waals surface area contributed by atoms with Crippen molar-refractivity contribution in [2.24, 2.45) is 4.99 Å². The number of carbonyl (C=O) groups excluding carboxylic acids is 1. The van der Waals surface area contributed by atoms with Gasteiger partial charge in [0.15, 0.2) is 0 Å². The second-order valence-electron chi connectivity index (χ2n) is 6.21. The number of hydrogen-bond donors (Lipinski definition) is 2. The fourth-order valence-corrected chi connectivity index (χ4v) is 2.77. The van der Waals surface area contributed by atoms with Gasteiger partial charge in [0, 0.05) is 11.5 Å². The summed E-state index contributed by atoms with van der Waals surface area (Å²) in [7, 11) is 0. The van der Waals surface area contributed by atoms with Crippen LogP contribution in [0.3, 0.4) is 0 Å². The van der Waals surface area contributed by atoms with Crippen LogP contribution in [0.2, 0.25) is 0 Å². The van der Waals surface area contributed by atoms with Crippen molar-refractivity contribution in [3.8, 4) is 5.75 Å². The summed E-state index contributed by atoms with van der Waals surface area (Å²) < 4.78 is 33.1. The van der Waals surface area contributed by atoms with Crippen molar-refractivity contribution in [3.05, 3.63) is 95.5 Å². The summed E-state index contributed by atoms with van der Waals surface area (Å²) in [6, 6.07) is 17.1. The van der Waals surface area contributed by atoms with Gasteiger partial charge in [-0.2, -0.15) is 0 Å². The summed E-state index contributed by atoms with van der Waals surface area (Å²) in [5.41, 5.74) is 0.425. The van der Waals surface area contributed by atoms with Gasteiger partial charge in [0.25, 0.3) is 5.91 Å². The van der Waals surface area contributed by atoms with Gasteiger partial charge in [0.05, 0.1) is 11.4 Å². The van der Waals surface area contributed by atoms with E-state index in [9.17, 15) is 18.7 Å². The van der Waals surface area contributed by atoms with Gasteiger partial charge in [0.2, 0.25) is 5.55 Å². The minimum absolute atomic E-state index is 0.00000798. The Labute approximate surface area is 163 Å². The van der Waals surface area contributed by atoms with E-state index in [2.05, 4.69) is 10.3 Å². The topological polar surface area (TPSA) is 74.8 Å². The molecule has 0 bridgehead atoms. The maximum Gasteiger partial charge on any atom is 0.261 e. The molecule has 0 spiro atoms. The molecule has 1 amide bonds. The van der Waals surface area contributed by atoms with Crippen molar-refractivity contribution in [2.75, 3.05) is 5.32 Å². The van der Waals surface area contributed by atoms with Crippen LogP contribution in [0.25, 0.3) is 11.0 Å². The molecule has 0 aliphatic rings. The van der Waals surface area contributed by atoms with Gasteiger partial charge < -0.3 is 14.8 Å². The van der Waals surface area contributed by atoms with Crippen molar-refractivity contribution < 1.29 is 23.1 Å². The lowest BCUT2D eigenvalue weighted by atomic mass is 10.1. The zero-order valence-corrected chi connectivity index (χ0v) is 14.9. The Morgan fingerprint density at radius 3 is 2.59 bits per heavy atom. The average Bonchev–Trinajstić information content (AvgIpc) is 2.69. The lowest BCUT2D eigenvalue weighted by Gasteiger charge is -2.08. The average molecular weight is 392 g/mol. The number of carbonyl (C=O) groups is 1. The fraction of sp³-hybridized carbons (Fsp3) is 0. The van der Waals surface area contributed by atoms with Gasteiger partial charge in [-0.1, -0.05) is 18.2 Å². The number of benzene rings is 3. The number of para-hydroxylation sites is 1. The smallest absolute Gasteiger partial charge is 0.261 e. The van der Waals surface area contributed by atoms with Gasteiger partial charge in [-0.3, -0.25) is 4.79 Å². The standard InChI is InChI=1S/C22H14F2N2O3/c23-14-4-3-5-15(11-14)25-22-17(10-13-8-9-16(27)12-20(13)29-22)21(28)26-19-7-2-1-6-18(19)24/h1-12,27H,(H,26,28). The Morgan fingerprint density at radius 2 is 1.79 bits per heavy atom. The van der Waals surface area contributed by atoms with E-state index >= 15 is 0 Å². The molecule has 29 heavy (non-hydrogen) atoms. The molecule has 0 aliphatic carbocycles. The Morgan fingerprint density at radius 1 is 0.966 bits per heavy atom. The summed E-state index contributed by atoms with van der Waals surface area (Å²) in [5.74, 6) is -1.76. The molecule has 1 heterocycles. The second-order valence-corrected chi connectivity index (χ2v) is 6.21. The van der Waals surface area contributed by atoms with Crippen molar-refractivity contribution in [2.45, 2.75) is 0 Å². The largest absolute Gasteiger partial charge is 0.508 e. The normalized spacial score (nSPS) is 11.6. The van der Waals surface area contributed by atoms with E-state index in [1.165, 1.54) is 54.6 Å². The first-order valence-corrected chi connectivity index (χ1v) is 8.63. The van der Waals surface area contributed by atoms with Crippen LogP contribution in [0.4, 0.5) is 20.2 Å². The van der Waals surface area contributed by atoms with Gasteiger partial charge in [-0.25, -0.2) is 13.8 Å². The first kappa shape index (κ1) is 18.4. The first-order chi connectivity index (χ1) is 14.0. The number of anilines is 1. The predicted molar refractivity (Wildman–Crippen MR) is 104 cm³/mol. The number of rotatable bonds is 3. The lowest BCUT2D eigenvalue weighted by Crippen LogP contribution is -2.22. The SMILES string of the molecule is O=C(Nc1ccccc1F)c1cc2ccc(O)cc2oc1=Nc1cccc(F)c1. The van der Waals surface area contributed by atoms with E-state index < -0.39 is 17.5 Å². The molecule has 1 aromatic heterocycles. The van der Waals surface area contributed by atoms with Gasteiger partial charge in [-0.15, -0.1) is 0 Å². The number of nitrogens with one attached hydrogen (secondary N) is 1. The number of amides is 1. The van der Waals surface area contributed by atoms with Crippen LogP contribution in [0, 0.1) is 11.6 Å². The Hall–Kier alpha value is -4.00. The molecule has 4 rings (SSSR count). The zero-order chi connectivity index (χ0) is 20.4. The number of nitrogens with zero attached hydrogens (tertiary/aromatic N) is 1. The van der Waals surface area contributed by atoms with Gasteiger partial charge in [0.1, 0.15) is 28.5 Å². The zero-order valence-electron chi connectivity index (χ0n) is 14.9. The van der Waals surface area contributed by atoms with Crippen LogP contribution in [-0.2, 0) is 0 Å². The minimum Gasteiger partial charge on any atom is -0.508 e. The fourth-order valence-electron chi connectivity index (χ4n) is 2.77. The third-order valence-corrected chi connectivity index (χ3v) is 4.14. The number of fused-ring (bicyclic) bond motifs is 1. The van der Waals surface area contributed by atoms with Gasteiger partial charge in [-0.05, 0) is 48.5 Å². The third-order valence-electron chi connectivity index (χ3n) is 4.14. The molecule has 4 aromatic rings. The molecule has 0 saturated carbocycles. The summed E-state index contributed by atoms with van der Waals surface area (Å²) in [4.78, 5) is 17.1. The molecule has 0 fully saturated rings. The molecule has 0 aliphatic heterocycles. The molecule has 5 nitrogen and oxygen atoms in total. The van der Waals surface area contributed by atoms with E-state index in [1.54, 1.807) is 18.2 Å². The van der Waals surface area contributed by atoms with E-state index in [4.69, 9.17) is 4.42 Å². The molecular weight excluding hydrogens is 378 g/mol. The molecule has 0 unspecified atom stereocenters. The van der Waals surface area contributed by atoms with Crippen LogP contribution in [0.1, 0.15) is 10.4 Å². The number of halogens is 2. The van der Waals surface area contributed by atoms with Crippen molar-refractivity contribution in [3.63, 3.8) is 0 Å². The maximum absolute atomic E-state index is 13.9. The van der Waals surface area contributed by atoms with E-state index in [0.717, 1.165) is 0 Å². The molecule has 7 heteroatoms. The predicted octanol–water partition coefficient (Wildman–Crippen LogP) is 4.90. The summed E-state index contributed by atoms with van der Waals surface area (Å²) >= 11 is 0. The Bertz CT molecular complexity index is 1300. The molecule has 144 valence electrons. The monoisotopic (exact) mass is 392 g/mol. The molecular formula is C22H14F2N2O3. The number of aromatic hydroxyl groups is 1. The highest BCUT2D eigenvalue weighted by molar-refractivity contribution is 6.05.